The highest BCUT2D eigenvalue weighted by molar-refractivity contribution is 6.00. The Kier molecular flexibility index (Phi) is 4.59. The predicted octanol–water partition coefficient (Wildman–Crippen LogP) is 0.935. The third-order valence-electron chi connectivity index (χ3n) is 2.27. The van der Waals surface area contributed by atoms with Gasteiger partial charge >= 0.3 is 5.97 Å². The Bertz CT molecular complexity index is 212. The highest BCUT2D eigenvalue weighted by Gasteiger charge is 2.31. The van der Waals surface area contributed by atoms with E-state index >= 15 is 0 Å². The normalized spacial score (nSPS) is 21.2. The molecule has 0 saturated heterocycles. The maximum atomic E-state index is 11.3. The third-order valence-corrected chi connectivity index (χ3v) is 2.27. The van der Waals surface area contributed by atoms with Gasteiger partial charge in [0.15, 0.2) is 0 Å². The van der Waals surface area contributed by atoms with Crippen molar-refractivity contribution in [3.63, 3.8) is 0 Å². The van der Waals surface area contributed by atoms with Crippen molar-refractivity contribution >= 4 is 11.8 Å². The molecule has 0 aromatic carbocycles. The zero-order chi connectivity index (χ0) is 10.4. The van der Waals surface area contributed by atoms with Crippen molar-refractivity contribution in [1.82, 2.24) is 0 Å². The van der Waals surface area contributed by atoms with Crippen LogP contribution < -0.4 is 0 Å². The molecule has 1 atom stereocenters. The van der Waals surface area contributed by atoms with Gasteiger partial charge in [-0.25, -0.2) is 0 Å². The van der Waals surface area contributed by atoms with E-state index in [4.69, 9.17) is 9.47 Å². The molecule has 0 amide bonds. The molecule has 0 N–H and O–H groups in total. The first kappa shape index (κ1) is 11.2. The lowest BCUT2D eigenvalue weighted by atomic mass is 10.1. The lowest BCUT2D eigenvalue weighted by molar-refractivity contribution is -0.152. The first-order chi connectivity index (χ1) is 6.75. The van der Waals surface area contributed by atoms with E-state index in [2.05, 4.69) is 0 Å². The molecule has 1 aliphatic carbocycles. The van der Waals surface area contributed by atoms with Gasteiger partial charge in [0, 0.05) is 13.0 Å². The van der Waals surface area contributed by atoms with Crippen molar-refractivity contribution < 1.29 is 19.1 Å². The summed E-state index contributed by atoms with van der Waals surface area (Å²) in [6, 6.07) is 0. The number of rotatable bonds is 5. The molecule has 4 nitrogen and oxygen atoms in total. The highest BCUT2D eigenvalue weighted by Crippen LogP contribution is 2.22. The van der Waals surface area contributed by atoms with Crippen LogP contribution in [0.4, 0.5) is 0 Å². The molecule has 0 aromatic heterocycles. The predicted molar refractivity (Wildman–Crippen MR) is 49.8 cm³/mol. The summed E-state index contributed by atoms with van der Waals surface area (Å²) in [4.78, 5) is 22.5. The Balaban J connectivity index is 2.18. The van der Waals surface area contributed by atoms with E-state index < -0.39 is 5.92 Å². The minimum Gasteiger partial charge on any atom is -0.463 e. The molecule has 0 aliphatic heterocycles. The molecule has 14 heavy (non-hydrogen) atoms. The average Bonchev–Trinajstić information content (AvgIpc) is 2.59. The van der Waals surface area contributed by atoms with Crippen molar-refractivity contribution in [1.29, 1.82) is 0 Å². The highest BCUT2D eigenvalue weighted by atomic mass is 16.6. The Morgan fingerprint density at radius 2 is 2.29 bits per heavy atom. The second-order valence-corrected chi connectivity index (χ2v) is 3.28. The van der Waals surface area contributed by atoms with Gasteiger partial charge in [0.1, 0.15) is 18.3 Å². The quantitative estimate of drug-likeness (QED) is 0.376. The van der Waals surface area contributed by atoms with Gasteiger partial charge in [-0.2, -0.15) is 0 Å². The van der Waals surface area contributed by atoms with Crippen LogP contribution in [0, 0.1) is 5.92 Å². The zero-order valence-electron chi connectivity index (χ0n) is 8.45. The van der Waals surface area contributed by atoms with Crippen molar-refractivity contribution in [2.45, 2.75) is 26.2 Å². The summed E-state index contributed by atoms with van der Waals surface area (Å²) in [5.74, 6) is -0.866. The number of ketones is 1. The minimum absolute atomic E-state index is 0.0198. The van der Waals surface area contributed by atoms with Crippen molar-refractivity contribution in [2.75, 3.05) is 19.8 Å². The summed E-state index contributed by atoms with van der Waals surface area (Å²) in [6.07, 6.45) is 1.97. The second-order valence-electron chi connectivity index (χ2n) is 3.28. The van der Waals surface area contributed by atoms with Crippen LogP contribution in [-0.4, -0.2) is 31.6 Å². The summed E-state index contributed by atoms with van der Waals surface area (Å²) in [5.41, 5.74) is 0. The van der Waals surface area contributed by atoms with Gasteiger partial charge in [-0.15, -0.1) is 0 Å². The van der Waals surface area contributed by atoms with E-state index in [1.54, 1.807) is 0 Å². The molecule has 1 saturated carbocycles. The summed E-state index contributed by atoms with van der Waals surface area (Å²) in [7, 11) is 0. The van der Waals surface area contributed by atoms with Gasteiger partial charge < -0.3 is 9.47 Å². The molecule has 0 spiro atoms. The topological polar surface area (TPSA) is 52.6 Å². The lowest BCUT2D eigenvalue weighted by Gasteiger charge is -2.08. The number of ether oxygens (including phenoxy) is 2. The van der Waals surface area contributed by atoms with E-state index in [1.807, 2.05) is 6.92 Å². The Hall–Kier alpha value is -0.900. The van der Waals surface area contributed by atoms with Crippen molar-refractivity contribution in [2.24, 2.45) is 5.92 Å². The summed E-state index contributed by atoms with van der Waals surface area (Å²) in [5, 5.41) is 0. The standard InChI is InChI=1S/C10H16O4/c1-2-13-6-7-14-10(12)8-4-3-5-9(8)11/h8H,2-7H2,1H3/t8-/m1/s1. The van der Waals surface area contributed by atoms with Crippen molar-refractivity contribution in [3.05, 3.63) is 0 Å². The first-order valence-electron chi connectivity index (χ1n) is 5.02. The maximum absolute atomic E-state index is 11.3. The summed E-state index contributed by atoms with van der Waals surface area (Å²) < 4.78 is 9.92. The van der Waals surface area contributed by atoms with E-state index in [0.717, 1.165) is 6.42 Å². The van der Waals surface area contributed by atoms with Crippen LogP contribution >= 0.6 is 0 Å². The molecular weight excluding hydrogens is 184 g/mol. The number of esters is 1. The SMILES string of the molecule is CCOCCOC(=O)[C@@H]1CCCC1=O. The molecule has 80 valence electrons. The molecule has 0 unspecified atom stereocenters. The molecule has 0 heterocycles. The second kappa shape index (κ2) is 5.75. The molecule has 1 fully saturated rings. The fourth-order valence-electron chi connectivity index (χ4n) is 1.51. The molecule has 1 aliphatic rings. The van der Waals surface area contributed by atoms with Crippen LogP contribution in [0.1, 0.15) is 26.2 Å². The van der Waals surface area contributed by atoms with E-state index in [0.29, 0.717) is 26.1 Å². The van der Waals surface area contributed by atoms with E-state index in [1.165, 1.54) is 0 Å². The third kappa shape index (κ3) is 3.10. The first-order valence-corrected chi connectivity index (χ1v) is 5.02. The molecule has 0 aromatic rings. The maximum Gasteiger partial charge on any atom is 0.316 e. The van der Waals surface area contributed by atoms with Gasteiger partial charge in [-0.3, -0.25) is 9.59 Å². The van der Waals surface area contributed by atoms with Gasteiger partial charge in [0.2, 0.25) is 0 Å². The fourth-order valence-corrected chi connectivity index (χ4v) is 1.51. The molecule has 0 bridgehead atoms. The van der Waals surface area contributed by atoms with Gasteiger partial charge in [0.05, 0.1) is 6.61 Å². The molecule has 4 heteroatoms. The number of carbonyl (C=O) groups excluding carboxylic acids is 2. The van der Waals surface area contributed by atoms with Crippen LogP contribution in [0.15, 0.2) is 0 Å². The molecular formula is C10H16O4. The van der Waals surface area contributed by atoms with E-state index in [9.17, 15) is 9.59 Å². The summed E-state index contributed by atoms with van der Waals surface area (Å²) >= 11 is 0. The molecule has 1 rings (SSSR count). The van der Waals surface area contributed by atoms with E-state index in [-0.39, 0.29) is 18.4 Å². The largest absolute Gasteiger partial charge is 0.463 e. The van der Waals surface area contributed by atoms with Gasteiger partial charge in [-0.1, -0.05) is 0 Å². The van der Waals surface area contributed by atoms with Crippen LogP contribution in [0.25, 0.3) is 0 Å². The number of carbonyl (C=O) groups is 2. The Labute approximate surface area is 83.6 Å². The smallest absolute Gasteiger partial charge is 0.316 e. The van der Waals surface area contributed by atoms with Gasteiger partial charge in [-0.05, 0) is 19.8 Å². The zero-order valence-corrected chi connectivity index (χ0v) is 8.45. The Morgan fingerprint density at radius 1 is 1.50 bits per heavy atom. The number of hydrogen-bond acceptors (Lipinski definition) is 4. The molecule has 0 radical (unpaired) electrons. The summed E-state index contributed by atoms with van der Waals surface area (Å²) in [6.45, 7) is 3.14. The Morgan fingerprint density at radius 3 is 2.86 bits per heavy atom. The lowest BCUT2D eigenvalue weighted by Crippen LogP contribution is -2.22. The number of Topliss-reactive ketones (excluding diaryl/α,β-unsaturated/α-hetero) is 1. The van der Waals surface area contributed by atoms with Gasteiger partial charge in [0.25, 0.3) is 0 Å². The minimum atomic E-state index is -0.503. The van der Waals surface area contributed by atoms with Crippen LogP contribution in [-0.2, 0) is 19.1 Å². The van der Waals surface area contributed by atoms with Crippen LogP contribution in [0.5, 0.6) is 0 Å². The average molecular weight is 200 g/mol. The number of hydrogen-bond donors (Lipinski definition) is 0. The van der Waals surface area contributed by atoms with Crippen LogP contribution in [0.2, 0.25) is 0 Å². The van der Waals surface area contributed by atoms with Crippen LogP contribution in [0.3, 0.4) is 0 Å². The fraction of sp³-hybridized carbons (Fsp3) is 0.800. The van der Waals surface area contributed by atoms with Crippen molar-refractivity contribution in [3.8, 4) is 0 Å². The monoisotopic (exact) mass is 200 g/mol.